The number of guanidine groups is 1. The summed E-state index contributed by atoms with van der Waals surface area (Å²) < 4.78 is 0. The second kappa shape index (κ2) is 41.0. The molecule has 2 fully saturated rings. The molecular formula is C63H98N18O13S. The maximum atomic E-state index is 14.7. The Morgan fingerprint density at radius 2 is 1.01 bits per heavy atom. The molecule has 95 heavy (non-hydrogen) atoms. The molecule has 2 aliphatic rings. The third-order valence-electron chi connectivity index (χ3n) is 16.0. The molecule has 2 heterocycles. The minimum absolute atomic E-state index is 0.0736. The first-order valence-corrected chi connectivity index (χ1v) is 33.6. The molecule has 0 saturated carbocycles. The highest BCUT2D eigenvalue weighted by Crippen LogP contribution is 2.24. The normalized spacial score (nSPS) is 16.8. The van der Waals surface area contributed by atoms with Crippen molar-refractivity contribution in [2.75, 3.05) is 44.7 Å². The summed E-state index contributed by atoms with van der Waals surface area (Å²) in [4.78, 5) is 185. The first kappa shape index (κ1) is 78.5. The van der Waals surface area contributed by atoms with Crippen LogP contribution in [0.3, 0.4) is 0 Å². The van der Waals surface area contributed by atoms with Gasteiger partial charge in [0.15, 0.2) is 5.96 Å². The van der Waals surface area contributed by atoms with E-state index in [4.69, 9.17) is 40.1 Å². The van der Waals surface area contributed by atoms with Crippen LogP contribution in [-0.4, -0.2) is 198 Å². The fraction of sp³-hybridized carbons (Fsp3) is 0.587. The number of likely N-dealkylation sites (tertiary alicyclic amines) is 2. The maximum Gasteiger partial charge on any atom is 0.245 e. The van der Waals surface area contributed by atoms with Gasteiger partial charge in [0.1, 0.15) is 54.4 Å². The fourth-order valence-electron chi connectivity index (χ4n) is 11.0. The zero-order valence-corrected chi connectivity index (χ0v) is 55.3. The van der Waals surface area contributed by atoms with E-state index in [1.165, 1.54) is 21.6 Å². The van der Waals surface area contributed by atoms with Gasteiger partial charge in [-0.05, 0) is 119 Å². The van der Waals surface area contributed by atoms with Crippen molar-refractivity contribution in [1.82, 2.24) is 52.3 Å². The lowest BCUT2D eigenvalue weighted by molar-refractivity contribution is -0.144. The quantitative estimate of drug-likeness (QED) is 0.0173. The van der Waals surface area contributed by atoms with E-state index in [1.807, 2.05) is 20.1 Å². The molecule has 4 rings (SSSR count). The molecule has 32 heteroatoms. The summed E-state index contributed by atoms with van der Waals surface area (Å²) in [5.41, 5.74) is 40.6. The zero-order valence-electron chi connectivity index (χ0n) is 54.5. The lowest BCUT2D eigenvalue weighted by Gasteiger charge is -2.32. The largest absolute Gasteiger partial charge is 0.370 e. The average Bonchev–Trinajstić information content (AvgIpc) is 1.74. The van der Waals surface area contributed by atoms with Gasteiger partial charge >= 0.3 is 0 Å². The fourth-order valence-corrected chi connectivity index (χ4v) is 11.5. The summed E-state index contributed by atoms with van der Waals surface area (Å²) >= 11 is 1.45. The van der Waals surface area contributed by atoms with Crippen molar-refractivity contribution >= 4 is 94.5 Å². The molecule has 10 atom stereocenters. The third-order valence-corrected chi connectivity index (χ3v) is 16.7. The maximum absolute atomic E-state index is 14.7. The average molecular weight is 1350 g/mol. The molecule has 2 aromatic rings. The summed E-state index contributed by atoms with van der Waals surface area (Å²) in [6.45, 7) is 3.86. The predicted octanol–water partition coefficient (Wildman–Crippen LogP) is -3.71. The first-order chi connectivity index (χ1) is 45.2. The minimum atomic E-state index is -1.64. The second-order valence-electron chi connectivity index (χ2n) is 24.1. The van der Waals surface area contributed by atoms with Crippen molar-refractivity contribution in [3.8, 4) is 0 Å². The molecule has 0 aliphatic carbocycles. The number of amides is 13. The predicted molar refractivity (Wildman–Crippen MR) is 356 cm³/mol. The molecule has 524 valence electrons. The van der Waals surface area contributed by atoms with Crippen LogP contribution in [0.5, 0.6) is 0 Å². The molecule has 0 aromatic heterocycles. The van der Waals surface area contributed by atoms with Crippen LogP contribution in [0, 0.1) is 5.92 Å². The van der Waals surface area contributed by atoms with Gasteiger partial charge in [-0.3, -0.25) is 67.3 Å². The number of thioether (sulfide) groups is 1. The lowest BCUT2D eigenvalue weighted by Crippen LogP contribution is -2.60. The Bertz CT molecular complexity index is 2960. The van der Waals surface area contributed by atoms with E-state index in [0.29, 0.717) is 55.4 Å². The zero-order chi connectivity index (χ0) is 70.1. The smallest absolute Gasteiger partial charge is 0.245 e. The topological polar surface area (TPSA) is 519 Å². The number of carbonyl (C=O) groups excluding carboxylic acids is 13. The summed E-state index contributed by atoms with van der Waals surface area (Å²) in [7, 11) is 0. The van der Waals surface area contributed by atoms with Gasteiger partial charge in [0.25, 0.3) is 0 Å². The summed E-state index contributed by atoms with van der Waals surface area (Å²) in [5.74, 6) is -9.80. The number of unbranched alkanes of at least 4 members (excludes halogenated alkanes) is 1. The number of benzene rings is 2. The van der Waals surface area contributed by atoms with Gasteiger partial charge in [-0.1, -0.05) is 74.5 Å². The Labute approximate surface area is 558 Å². The van der Waals surface area contributed by atoms with Crippen molar-refractivity contribution in [3.05, 3.63) is 71.8 Å². The number of nitrogens with two attached hydrogens (primary N) is 7. The molecule has 22 N–H and O–H groups in total. The number of nitrogens with one attached hydrogen (secondary N) is 8. The minimum Gasteiger partial charge on any atom is -0.370 e. The molecule has 0 spiro atoms. The van der Waals surface area contributed by atoms with E-state index >= 15 is 0 Å². The van der Waals surface area contributed by atoms with Gasteiger partial charge in [0.2, 0.25) is 76.8 Å². The van der Waals surface area contributed by atoms with Crippen molar-refractivity contribution < 1.29 is 62.3 Å². The van der Waals surface area contributed by atoms with Gasteiger partial charge < -0.3 is 92.5 Å². The summed E-state index contributed by atoms with van der Waals surface area (Å²) in [5, 5.41) is 21.1. The molecule has 0 radical (unpaired) electrons. The molecule has 0 unspecified atom stereocenters. The summed E-state index contributed by atoms with van der Waals surface area (Å²) in [6.07, 6.45) is 3.12. The third kappa shape index (κ3) is 27.5. The number of nitrogens with zero attached hydrogens (tertiary/aromatic N) is 3. The van der Waals surface area contributed by atoms with Crippen LogP contribution in [-0.2, 0) is 75.2 Å². The van der Waals surface area contributed by atoms with Gasteiger partial charge in [-0.25, -0.2) is 0 Å². The van der Waals surface area contributed by atoms with Crippen molar-refractivity contribution in [2.45, 2.75) is 183 Å². The van der Waals surface area contributed by atoms with E-state index in [9.17, 15) is 62.3 Å². The number of rotatable bonds is 42. The van der Waals surface area contributed by atoms with E-state index in [-0.39, 0.29) is 83.0 Å². The molecule has 31 nitrogen and oxygen atoms in total. The van der Waals surface area contributed by atoms with Gasteiger partial charge in [0.05, 0.1) is 12.6 Å². The Kier molecular flexibility index (Phi) is 33.9. The number of aliphatic imine (C=N–C) groups is 1. The monoisotopic (exact) mass is 1350 g/mol. The van der Waals surface area contributed by atoms with Crippen LogP contribution in [0.2, 0.25) is 0 Å². The number of hydrogen-bond donors (Lipinski definition) is 15. The van der Waals surface area contributed by atoms with E-state index in [0.717, 1.165) is 0 Å². The standard InChI is InChI=1S/C63H98N18O13S/c1-37(2)33-45(57(89)74-41(53(68)85)27-32-95-3)73-52(84)36-72-54(86)46(34-38-15-6-4-7-16-38)78-58(90)47(35-39-17-8-5-9-18-39)79-56(88)42(23-25-50(66)82)75-55(87)43(24-26-51(67)83)76-59(91)49-22-14-31-81(49)62(94)44(20-10-11-28-64)77-60(92)48-21-13-30-80(48)61(93)40(65)19-12-29-71-63(69)70/h4-9,15-18,37,40-49H,10-14,19-36,64-65H2,1-3H3,(H2,66,82)(H2,67,83)(H2,68,85)(H,72,86)(H,73,84)(H,74,89)(H,75,87)(H,76,91)(H,77,92)(H,78,90)(H,79,88)(H4,69,70,71)/t40-,41+,42-,43+,44+,45-,46-,47+,48-,49-/m1/s1. The molecule has 13 amide bonds. The Hall–Kier alpha value is -8.91. The van der Waals surface area contributed by atoms with Crippen LogP contribution >= 0.6 is 11.8 Å². The Balaban J connectivity index is 1.56. The van der Waals surface area contributed by atoms with E-state index in [2.05, 4.69) is 47.5 Å². The van der Waals surface area contributed by atoms with Gasteiger partial charge in [-0.2, -0.15) is 11.8 Å². The highest BCUT2D eigenvalue weighted by molar-refractivity contribution is 7.98. The molecule has 2 aromatic carbocycles. The van der Waals surface area contributed by atoms with Gasteiger partial charge in [-0.15, -0.1) is 0 Å². The second-order valence-corrected chi connectivity index (χ2v) is 25.1. The van der Waals surface area contributed by atoms with Crippen LogP contribution < -0.4 is 82.7 Å². The van der Waals surface area contributed by atoms with E-state index < -0.39 is 169 Å². The van der Waals surface area contributed by atoms with E-state index in [1.54, 1.807) is 60.7 Å². The summed E-state index contributed by atoms with van der Waals surface area (Å²) in [6, 6.07) is 4.51. The SMILES string of the molecule is CSCC[C@H](NC(=O)[C@@H](CC(C)C)NC(=O)CNC(=O)[C@@H](Cc1ccccc1)NC(=O)[C@H](Cc1ccccc1)NC(=O)[C@@H](CCC(N)=O)NC(=O)[C@H](CCC(N)=O)NC(=O)[C@H]1CCCN1C(=O)[C@H](CCCCN)NC(=O)[C@H]1CCCN1C(=O)[C@H](N)CCCN=C(N)N)C(N)=O. The molecule has 2 aliphatic heterocycles. The van der Waals surface area contributed by atoms with Crippen molar-refractivity contribution in [3.63, 3.8) is 0 Å². The molecular weight excluding hydrogens is 1250 g/mol. The lowest BCUT2D eigenvalue weighted by atomic mass is 10.0. The van der Waals surface area contributed by atoms with Gasteiger partial charge in [0, 0.05) is 45.3 Å². The van der Waals surface area contributed by atoms with Crippen LogP contribution in [0.1, 0.15) is 121 Å². The number of hydrogen-bond acceptors (Lipinski definition) is 17. The highest BCUT2D eigenvalue weighted by atomic mass is 32.2. The first-order valence-electron chi connectivity index (χ1n) is 32.2. The number of carbonyl (C=O) groups is 13. The van der Waals surface area contributed by atoms with Crippen LogP contribution in [0.15, 0.2) is 65.7 Å². The van der Waals surface area contributed by atoms with Crippen molar-refractivity contribution in [2.24, 2.45) is 51.0 Å². The highest BCUT2D eigenvalue weighted by Gasteiger charge is 2.42. The Morgan fingerprint density at radius 1 is 0.537 bits per heavy atom. The molecule has 0 bridgehead atoms. The molecule has 2 saturated heterocycles. The Morgan fingerprint density at radius 3 is 1.51 bits per heavy atom. The van der Waals surface area contributed by atoms with Crippen molar-refractivity contribution in [1.29, 1.82) is 0 Å². The number of primary amides is 3. The van der Waals surface area contributed by atoms with Crippen LogP contribution in [0.25, 0.3) is 0 Å². The van der Waals surface area contributed by atoms with Crippen LogP contribution in [0.4, 0.5) is 0 Å².